The van der Waals surface area contributed by atoms with Gasteiger partial charge in [-0.25, -0.2) is 18.7 Å². The fourth-order valence-electron chi connectivity index (χ4n) is 0.578. The summed E-state index contributed by atoms with van der Waals surface area (Å²) in [6, 6.07) is 0. The molecule has 1 rings (SSSR count). The molecule has 0 spiro atoms. The standard InChI is InChI=1S/C6H5F2N3O/c7-4(8)6-10-1-3(2-11-6)5(9)12/h1-2,4H,(H2,9,12). The molecule has 0 aliphatic carbocycles. The Morgan fingerprint density at radius 2 is 1.92 bits per heavy atom. The maximum absolute atomic E-state index is 11.9. The largest absolute Gasteiger partial charge is 0.366 e. The Morgan fingerprint density at radius 3 is 2.25 bits per heavy atom. The molecule has 12 heavy (non-hydrogen) atoms. The van der Waals surface area contributed by atoms with Crippen LogP contribution in [0.1, 0.15) is 22.6 Å². The number of nitrogens with two attached hydrogens (primary N) is 1. The number of nitrogens with zero attached hydrogens (tertiary/aromatic N) is 2. The van der Waals surface area contributed by atoms with Crippen LogP contribution in [0.5, 0.6) is 0 Å². The lowest BCUT2D eigenvalue weighted by atomic mass is 10.3. The van der Waals surface area contributed by atoms with Crippen LogP contribution in [0.15, 0.2) is 12.4 Å². The summed E-state index contributed by atoms with van der Waals surface area (Å²) in [5, 5.41) is 0. The lowest BCUT2D eigenvalue weighted by Crippen LogP contribution is -2.12. The molecule has 64 valence electrons. The van der Waals surface area contributed by atoms with Crippen LogP contribution < -0.4 is 5.73 Å². The van der Waals surface area contributed by atoms with Gasteiger partial charge in [-0.1, -0.05) is 0 Å². The fraction of sp³-hybridized carbons (Fsp3) is 0.167. The molecule has 1 aromatic rings. The second kappa shape index (κ2) is 3.21. The van der Waals surface area contributed by atoms with Crippen molar-refractivity contribution >= 4 is 5.91 Å². The zero-order valence-electron chi connectivity index (χ0n) is 5.87. The number of alkyl halides is 2. The van der Waals surface area contributed by atoms with Gasteiger partial charge >= 0.3 is 0 Å². The molecule has 0 radical (unpaired) electrons. The Bertz CT molecular complexity index is 285. The molecule has 0 aliphatic heterocycles. The van der Waals surface area contributed by atoms with Crippen LogP contribution in [-0.2, 0) is 0 Å². The first-order valence-corrected chi connectivity index (χ1v) is 3.01. The van der Waals surface area contributed by atoms with Crippen LogP contribution >= 0.6 is 0 Å². The average molecular weight is 173 g/mol. The Balaban J connectivity index is 2.93. The van der Waals surface area contributed by atoms with Crippen molar-refractivity contribution in [3.63, 3.8) is 0 Å². The third-order valence-corrected chi connectivity index (χ3v) is 1.15. The van der Waals surface area contributed by atoms with Gasteiger partial charge in [0.2, 0.25) is 0 Å². The molecule has 0 aromatic carbocycles. The molecule has 1 aromatic heterocycles. The molecule has 6 heteroatoms. The minimum absolute atomic E-state index is 0.0133. The SMILES string of the molecule is NC(=O)c1cnc(C(F)F)nc1. The molecular formula is C6H5F2N3O. The zero-order valence-corrected chi connectivity index (χ0v) is 5.87. The third-order valence-electron chi connectivity index (χ3n) is 1.15. The van der Waals surface area contributed by atoms with Gasteiger partial charge in [0.25, 0.3) is 12.3 Å². The monoisotopic (exact) mass is 173 g/mol. The topological polar surface area (TPSA) is 68.9 Å². The van der Waals surface area contributed by atoms with Gasteiger partial charge in [0.05, 0.1) is 5.56 Å². The summed E-state index contributed by atoms with van der Waals surface area (Å²) < 4.78 is 23.7. The predicted octanol–water partition coefficient (Wildman–Crippen LogP) is 0.513. The van der Waals surface area contributed by atoms with E-state index in [-0.39, 0.29) is 5.56 Å². The van der Waals surface area contributed by atoms with Crippen molar-refractivity contribution in [2.45, 2.75) is 6.43 Å². The second-order valence-corrected chi connectivity index (χ2v) is 1.99. The number of carbonyl (C=O) groups excluding carboxylic acids is 1. The molecule has 2 N–H and O–H groups in total. The first kappa shape index (κ1) is 8.51. The van der Waals surface area contributed by atoms with Gasteiger partial charge in [-0.2, -0.15) is 0 Å². The summed E-state index contributed by atoms with van der Waals surface area (Å²) in [5.74, 6) is -1.35. The molecular weight excluding hydrogens is 168 g/mol. The number of halogens is 2. The van der Waals surface area contributed by atoms with Gasteiger partial charge in [-0.05, 0) is 0 Å². The lowest BCUT2D eigenvalue weighted by molar-refractivity contribution is 0.0998. The number of primary amides is 1. The Labute approximate surface area is 66.4 Å². The Kier molecular flexibility index (Phi) is 2.27. The van der Waals surface area contributed by atoms with E-state index in [4.69, 9.17) is 5.73 Å². The van der Waals surface area contributed by atoms with Gasteiger partial charge in [-0.3, -0.25) is 4.79 Å². The van der Waals surface area contributed by atoms with Crippen molar-refractivity contribution in [3.8, 4) is 0 Å². The maximum atomic E-state index is 11.9. The zero-order chi connectivity index (χ0) is 9.14. The van der Waals surface area contributed by atoms with E-state index in [1.165, 1.54) is 0 Å². The molecule has 0 bridgehead atoms. The first-order valence-electron chi connectivity index (χ1n) is 3.01. The number of aromatic nitrogens is 2. The lowest BCUT2D eigenvalue weighted by Gasteiger charge is -1.97. The van der Waals surface area contributed by atoms with E-state index in [2.05, 4.69) is 9.97 Å². The number of hydrogen-bond donors (Lipinski definition) is 1. The molecule has 0 saturated heterocycles. The highest BCUT2D eigenvalue weighted by atomic mass is 19.3. The van der Waals surface area contributed by atoms with Crippen LogP contribution in [0.4, 0.5) is 8.78 Å². The molecule has 0 unspecified atom stereocenters. The van der Waals surface area contributed by atoms with Crippen LogP contribution in [-0.4, -0.2) is 15.9 Å². The summed E-state index contributed by atoms with van der Waals surface area (Å²) in [6.07, 6.45) is -0.792. The smallest absolute Gasteiger partial charge is 0.297 e. The second-order valence-electron chi connectivity index (χ2n) is 1.99. The van der Waals surface area contributed by atoms with Crippen molar-refractivity contribution < 1.29 is 13.6 Å². The predicted molar refractivity (Wildman–Crippen MR) is 35.5 cm³/mol. The number of hydrogen-bond acceptors (Lipinski definition) is 3. The highest BCUT2D eigenvalue weighted by Gasteiger charge is 2.10. The molecule has 4 nitrogen and oxygen atoms in total. The molecule has 0 saturated carbocycles. The van der Waals surface area contributed by atoms with Crippen molar-refractivity contribution in [2.24, 2.45) is 5.73 Å². The molecule has 1 amide bonds. The third kappa shape index (κ3) is 1.71. The number of carbonyl (C=O) groups is 1. The van der Waals surface area contributed by atoms with Crippen LogP contribution in [0.25, 0.3) is 0 Å². The molecule has 1 heterocycles. The minimum Gasteiger partial charge on any atom is -0.366 e. The average Bonchev–Trinajstić information content (AvgIpc) is 2.04. The summed E-state index contributed by atoms with van der Waals surface area (Å²) >= 11 is 0. The first-order chi connectivity index (χ1) is 5.61. The quantitative estimate of drug-likeness (QED) is 0.708. The molecule has 0 atom stereocenters. The van der Waals surface area contributed by atoms with Crippen molar-refractivity contribution in [1.29, 1.82) is 0 Å². The van der Waals surface area contributed by atoms with Gasteiger partial charge < -0.3 is 5.73 Å². The molecule has 0 aliphatic rings. The van der Waals surface area contributed by atoms with Crippen LogP contribution in [0, 0.1) is 0 Å². The van der Waals surface area contributed by atoms with E-state index in [0.717, 1.165) is 12.4 Å². The van der Waals surface area contributed by atoms with Gasteiger partial charge in [-0.15, -0.1) is 0 Å². The van der Waals surface area contributed by atoms with E-state index in [1.54, 1.807) is 0 Å². The summed E-state index contributed by atoms with van der Waals surface area (Å²) in [4.78, 5) is 16.9. The van der Waals surface area contributed by atoms with Gasteiger partial charge in [0.15, 0.2) is 5.82 Å². The maximum Gasteiger partial charge on any atom is 0.297 e. The van der Waals surface area contributed by atoms with Gasteiger partial charge in [0, 0.05) is 12.4 Å². The van der Waals surface area contributed by atoms with Crippen molar-refractivity contribution in [2.75, 3.05) is 0 Å². The van der Waals surface area contributed by atoms with E-state index >= 15 is 0 Å². The Morgan fingerprint density at radius 1 is 1.42 bits per heavy atom. The van der Waals surface area contributed by atoms with Crippen molar-refractivity contribution in [1.82, 2.24) is 9.97 Å². The fourth-order valence-corrected chi connectivity index (χ4v) is 0.578. The van der Waals surface area contributed by atoms with E-state index in [0.29, 0.717) is 0 Å². The minimum atomic E-state index is -2.73. The van der Waals surface area contributed by atoms with Crippen molar-refractivity contribution in [3.05, 3.63) is 23.8 Å². The number of rotatable bonds is 2. The van der Waals surface area contributed by atoms with Gasteiger partial charge in [0.1, 0.15) is 0 Å². The normalized spacial score (nSPS) is 10.2. The van der Waals surface area contributed by atoms with Crippen LogP contribution in [0.3, 0.4) is 0 Å². The molecule has 0 fully saturated rings. The van der Waals surface area contributed by atoms with E-state index in [1.807, 2.05) is 0 Å². The summed E-state index contributed by atoms with van der Waals surface area (Å²) in [5.41, 5.74) is 4.85. The summed E-state index contributed by atoms with van der Waals surface area (Å²) in [6.45, 7) is 0. The van der Waals surface area contributed by atoms with Crippen LogP contribution in [0.2, 0.25) is 0 Å². The summed E-state index contributed by atoms with van der Waals surface area (Å²) in [7, 11) is 0. The highest BCUT2D eigenvalue weighted by molar-refractivity contribution is 5.91. The Hall–Kier alpha value is -1.59. The number of amides is 1. The van der Waals surface area contributed by atoms with E-state index < -0.39 is 18.2 Å². The van der Waals surface area contributed by atoms with E-state index in [9.17, 15) is 13.6 Å². The highest BCUT2D eigenvalue weighted by Crippen LogP contribution is 2.12.